The van der Waals surface area contributed by atoms with Gasteiger partial charge in [-0.15, -0.1) is 0 Å². The van der Waals surface area contributed by atoms with Crippen LogP contribution in [0.5, 0.6) is 5.75 Å². The molecule has 2 aromatic carbocycles. The van der Waals surface area contributed by atoms with E-state index in [-0.39, 0.29) is 5.91 Å². The number of hydrogen-bond donors (Lipinski definition) is 2. The maximum Gasteiger partial charge on any atom is 0.221 e. The van der Waals surface area contributed by atoms with Gasteiger partial charge in [-0.3, -0.25) is 4.79 Å². The molecule has 29 heavy (non-hydrogen) atoms. The van der Waals surface area contributed by atoms with Crippen molar-refractivity contribution in [2.75, 3.05) is 17.7 Å². The highest BCUT2D eigenvalue weighted by atomic mass is 16.5. The number of carbonyl (C=O) groups excluding carboxylic acids is 1. The van der Waals surface area contributed by atoms with Crippen molar-refractivity contribution >= 4 is 34.0 Å². The predicted octanol–water partition coefficient (Wildman–Crippen LogP) is 4.95. The third kappa shape index (κ3) is 3.65. The number of rotatable bonds is 5. The summed E-state index contributed by atoms with van der Waals surface area (Å²) in [6, 6.07) is 19.6. The van der Waals surface area contributed by atoms with Gasteiger partial charge in [-0.25, -0.2) is 4.98 Å². The number of methoxy groups -OCH3 is 1. The number of anilines is 3. The number of hydrogen-bond acceptors (Lipinski definition) is 4. The number of aryl methyl sites for hydroxylation is 1. The molecule has 2 N–H and O–H groups in total. The summed E-state index contributed by atoms with van der Waals surface area (Å²) >= 11 is 0. The topological polar surface area (TPSA) is 68.2 Å². The Labute approximate surface area is 169 Å². The molecule has 0 spiro atoms. The van der Waals surface area contributed by atoms with Gasteiger partial charge in [0.15, 0.2) is 0 Å². The molecular formula is C23H22N4O2. The largest absolute Gasteiger partial charge is 0.496 e. The first-order valence-electron chi connectivity index (χ1n) is 9.29. The summed E-state index contributed by atoms with van der Waals surface area (Å²) in [6.07, 6.45) is 1.79. The van der Waals surface area contributed by atoms with Crippen molar-refractivity contribution in [3.8, 4) is 17.0 Å². The highest BCUT2D eigenvalue weighted by Gasteiger charge is 2.14. The van der Waals surface area contributed by atoms with Crippen LogP contribution in [0.15, 0.2) is 66.9 Å². The molecule has 0 bridgehead atoms. The first-order valence-corrected chi connectivity index (χ1v) is 9.29. The van der Waals surface area contributed by atoms with Crippen LogP contribution in [-0.2, 0) is 11.8 Å². The maximum atomic E-state index is 11.2. The molecule has 4 rings (SSSR count). The molecule has 0 aliphatic rings. The average molecular weight is 386 g/mol. The highest BCUT2D eigenvalue weighted by Crippen LogP contribution is 2.35. The monoisotopic (exact) mass is 386 g/mol. The molecular weight excluding hydrogens is 364 g/mol. The van der Waals surface area contributed by atoms with E-state index in [2.05, 4.69) is 26.3 Å². The Morgan fingerprint density at radius 3 is 2.48 bits per heavy atom. The van der Waals surface area contributed by atoms with Crippen LogP contribution >= 0.6 is 0 Å². The van der Waals surface area contributed by atoms with E-state index in [1.807, 2.05) is 61.6 Å². The molecule has 0 radical (unpaired) electrons. The van der Waals surface area contributed by atoms with Gasteiger partial charge < -0.3 is 19.9 Å². The quantitative estimate of drug-likeness (QED) is 0.509. The van der Waals surface area contributed by atoms with E-state index in [4.69, 9.17) is 4.74 Å². The van der Waals surface area contributed by atoms with Crippen LogP contribution in [0, 0.1) is 0 Å². The fourth-order valence-corrected chi connectivity index (χ4v) is 3.45. The van der Waals surface area contributed by atoms with Crippen LogP contribution in [0.4, 0.5) is 17.2 Å². The predicted molar refractivity (Wildman–Crippen MR) is 117 cm³/mol. The van der Waals surface area contributed by atoms with Gasteiger partial charge in [-0.2, -0.15) is 0 Å². The molecule has 2 heterocycles. The molecule has 6 nitrogen and oxygen atoms in total. The van der Waals surface area contributed by atoms with Crippen molar-refractivity contribution in [1.82, 2.24) is 9.55 Å². The van der Waals surface area contributed by atoms with Gasteiger partial charge in [-0.1, -0.05) is 12.1 Å². The van der Waals surface area contributed by atoms with Gasteiger partial charge >= 0.3 is 0 Å². The van der Waals surface area contributed by atoms with E-state index in [0.717, 1.165) is 45.1 Å². The summed E-state index contributed by atoms with van der Waals surface area (Å²) in [6.45, 7) is 1.49. The van der Waals surface area contributed by atoms with Gasteiger partial charge in [-0.05, 0) is 48.5 Å². The summed E-state index contributed by atoms with van der Waals surface area (Å²) in [5.41, 5.74) is 4.79. The summed E-state index contributed by atoms with van der Waals surface area (Å²) in [5, 5.41) is 7.16. The number of carbonyl (C=O) groups is 1. The molecule has 0 saturated heterocycles. The molecule has 146 valence electrons. The van der Waals surface area contributed by atoms with Crippen LogP contribution in [0.3, 0.4) is 0 Å². The summed E-state index contributed by atoms with van der Waals surface area (Å²) in [4.78, 5) is 15.7. The number of benzene rings is 2. The lowest BCUT2D eigenvalue weighted by atomic mass is 10.1. The number of para-hydroxylation sites is 1. The van der Waals surface area contributed by atoms with Gasteiger partial charge in [0, 0.05) is 42.5 Å². The lowest BCUT2D eigenvalue weighted by Crippen LogP contribution is -2.05. The summed E-state index contributed by atoms with van der Waals surface area (Å²) in [7, 11) is 3.72. The van der Waals surface area contributed by atoms with Gasteiger partial charge in [0.05, 0.1) is 18.3 Å². The second-order valence-corrected chi connectivity index (χ2v) is 6.76. The third-order valence-electron chi connectivity index (χ3n) is 4.82. The van der Waals surface area contributed by atoms with Crippen LogP contribution < -0.4 is 15.4 Å². The number of aromatic nitrogens is 2. The Bertz CT molecular complexity index is 1180. The van der Waals surface area contributed by atoms with E-state index < -0.39 is 0 Å². The van der Waals surface area contributed by atoms with Crippen molar-refractivity contribution in [2.45, 2.75) is 6.92 Å². The van der Waals surface area contributed by atoms with Crippen molar-refractivity contribution in [3.05, 3.63) is 66.9 Å². The first kappa shape index (κ1) is 18.6. The van der Waals surface area contributed by atoms with Crippen molar-refractivity contribution in [1.29, 1.82) is 0 Å². The van der Waals surface area contributed by atoms with Crippen LogP contribution in [0.2, 0.25) is 0 Å². The molecule has 0 unspecified atom stereocenters. The molecule has 1 amide bonds. The zero-order chi connectivity index (χ0) is 20.4. The fourth-order valence-electron chi connectivity index (χ4n) is 3.45. The average Bonchev–Trinajstić information content (AvgIpc) is 3.06. The minimum Gasteiger partial charge on any atom is -0.496 e. The van der Waals surface area contributed by atoms with Crippen molar-refractivity contribution in [2.24, 2.45) is 7.05 Å². The number of ether oxygens (including phenoxy) is 1. The Hall–Kier alpha value is -3.80. The highest BCUT2D eigenvalue weighted by molar-refractivity contribution is 5.96. The number of amides is 1. The maximum absolute atomic E-state index is 11.2. The third-order valence-corrected chi connectivity index (χ3v) is 4.82. The van der Waals surface area contributed by atoms with Crippen molar-refractivity contribution < 1.29 is 9.53 Å². The summed E-state index contributed by atoms with van der Waals surface area (Å²) in [5.74, 6) is 1.51. The molecule has 2 aromatic heterocycles. The minimum absolute atomic E-state index is 0.0923. The van der Waals surface area contributed by atoms with E-state index in [0.29, 0.717) is 0 Å². The van der Waals surface area contributed by atoms with E-state index >= 15 is 0 Å². The molecule has 0 aliphatic heterocycles. The SMILES string of the molecule is COc1ccccc1-c1cc2c(Nc3ccc(NC(C)=O)cc3)nccc2n1C. The number of nitrogens with one attached hydrogen (secondary N) is 2. The van der Waals surface area contributed by atoms with E-state index in [1.54, 1.807) is 13.3 Å². The lowest BCUT2D eigenvalue weighted by molar-refractivity contribution is -0.114. The lowest BCUT2D eigenvalue weighted by Gasteiger charge is -2.09. The summed E-state index contributed by atoms with van der Waals surface area (Å²) < 4.78 is 7.68. The fraction of sp³-hybridized carbons (Fsp3) is 0.130. The number of pyridine rings is 1. The van der Waals surface area contributed by atoms with Gasteiger partial charge in [0.2, 0.25) is 5.91 Å². The molecule has 0 saturated carbocycles. The van der Waals surface area contributed by atoms with E-state index in [1.165, 1.54) is 6.92 Å². The standard InChI is InChI=1S/C23H22N4O2/c1-15(28)25-16-8-10-17(11-9-16)26-23-19-14-21(27(2)20(19)12-13-24-23)18-6-4-5-7-22(18)29-3/h4-14H,1-3H3,(H,24,26)(H,25,28). The molecule has 4 aromatic rings. The van der Waals surface area contributed by atoms with Gasteiger partial charge in [0.1, 0.15) is 11.6 Å². The van der Waals surface area contributed by atoms with Crippen LogP contribution in [0.1, 0.15) is 6.92 Å². The molecule has 6 heteroatoms. The number of nitrogens with zero attached hydrogens (tertiary/aromatic N) is 2. The van der Waals surface area contributed by atoms with Crippen LogP contribution in [-0.4, -0.2) is 22.6 Å². The van der Waals surface area contributed by atoms with Crippen molar-refractivity contribution in [3.63, 3.8) is 0 Å². The molecule has 0 atom stereocenters. The first-order chi connectivity index (χ1) is 14.1. The second kappa shape index (κ2) is 7.67. The zero-order valence-corrected chi connectivity index (χ0v) is 16.6. The Morgan fingerprint density at radius 2 is 1.76 bits per heavy atom. The normalized spacial score (nSPS) is 10.7. The van der Waals surface area contributed by atoms with Crippen LogP contribution in [0.25, 0.3) is 22.2 Å². The zero-order valence-electron chi connectivity index (χ0n) is 16.6. The smallest absolute Gasteiger partial charge is 0.221 e. The number of fused-ring (bicyclic) bond motifs is 1. The van der Waals surface area contributed by atoms with Gasteiger partial charge in [0.25, 0.3) is 0 Å². The molecule has 0 aliphatic carbocycles. The Kier molecular flexibility index (Phi) is 4.91. The minimum atomic E-state index is -0.0923. The Morgan fingerprint density at radius 1 is 1.03 bits per heavy atom. The second-order valence-electron chi connectivity index (χ2n) is 6.76. The molecule has 0 fully saturated rings. The van der Waals surface area contributed by atoms with E-state index in [9.17, 15) is 4.79 Å². The Balaban J connectivity index is 1.72.